The Morgan fingerprint density at radius 2 is 1.76 bits per heavy atom. The number of hydrogen-bond donors (Lipinski definition) is 1. The fourth-order valence-corrected chi connectivity index (χ4v) is 8.04. The summed E-state index contributed by atoms with van der Waals surface area (Å²) in [6.45, 7) is 9.62. The van der Waals surface area contributed by atoms with Crippen LogP contribution in [0.1, 0.15) is 43.7 Å². The van der Waals surface area contributed by atoms with Crippen LogP contribution in [0.15, 0.2) is 53.4 Å². The lowest BCUT2D eigenvalue weighted by Gasteiger charge is -2.30. The number of nitrogens with zero attached hydrogens (tertiary/aromatic N) is 2. The summed E-state index contributed by atoms with van der Waals surface area (Å²) < 4.78 is 26.0. The summed E-state index contributed by atoms with van der Waals surface area (Å²) in [7, 11) is -3.34. The van der Waals surface area contributed by atoms with Gasteiger partial charge in [0.15, 0.2) is 9.84 Å². The van der Waals surface area contributed by atoms with Crippen LogP contribution in [0, 0.1) is 0 Å². The molecule has 202 valence electrons. The van der Waals surface area contributed by atoms with E-state index in [0.717, 1.165) is 50.9 Å². The van der Waals surface area contributed by atoms with Gasteiger partial charge in [-0.15, -0.1) is 35.1 Å². The summed E-state index contributed by atoms with van der Waals surface area (Å²) in [5, 5.41) is 4.47. The zero-order valence-corrected chi connectivity index (χ0v) is 25.1. The summed E-state index contributed by atoms with van der Waals surface area (Å²) in [4.78, 5) is 22.1. The lowest BCUT2D eigenvalue weighted by Crippen LogP contribution is -2.35. The van der Waals surface area contributed by atoms with Crippen molar-refractivity contribution in [1.29, 1.82) is 0 Å². The van der Waals surface area contributed by atoms with Gasteiger partial charge in [0.25, 0.3) is 0 Å². The van der Waals surface area contributed by atoms with Crippen LogP contribution in [0.2, 0.25) is 0 Å². The van der Waals surface area contributed by atoms with Crippen LogP contribution in [0.4, 0.5) is 5.00 Å². The van der Waals surface area contributed by atoms with E-state index < -0.39 is 15.1 Å². The first kappa shape index (κ1) is 28.7. The third-order valence-corrected chi connectivity index (χ3v) is 11.2. The minimum atomic E-state index is -3.34. The van der Waals surface area contributed by atoms with E-state index >= 15 is 0 Å². The van der Waals surface area contributed by atoms with Gasteiger partial charge in [-0.2, -0.15) is 0 Å². The Balaban J connectivity index is 0.00000336. The average Bonchev–Trinajstić information content (AvgIpc) is 3.44. The third kappa shape index (κ3) is 5.67. The summed E-state index contributed by atoms with van der Waals surface area (Å²) in [6, 6.07) is 15.2. The van der Waals surface area contributed by atoms with Gasteiger partial charge in [-0.25, -0.2) is 13.4 Å². The molecule has 1 amide bonds. The summed E-state index contributed by atoms with van der Waals surface area (Å²) >= 11 is 3.31. The molecule has 0 aliphatic carbocycles. The molecule has 1 aliphatic heterocycles. The molecule has 10 heteroatoms. The molecule has 2 aromatic carbocycles. The molecule has 0 radical (unpaired) electrons. The van der Waals surface area contributed by atoms with Crippen molar-refractivity contribution in [3.05, 3.63) is 64.5 Å². The number of thiazole rings is 1. The molecule has 0 unspecified atom stereocenters. The first-order valence-electron chi connectivity index (χ1n) is 12.5. The zero-order valence-electron chi connectivity index (χ0n) is 21.9. The van der Waals surface area contributed by atoms with Crippen LogP contribution in [0.5, 0.6) is 0 Å². The SMILES string of the molecule is CC(C)N1CCc2c(sc(NC(=O)Cc3ccc(S(=O)(=O)C(C)C)cc3)c2-c2nc3ccccc3s2)C1.Cl. The fraction of sp³-hybridized carbons (Fsp3) is 0.357. The zero-order chi connectivity index (χ0) is 26.3. The molecule has 2 aromatic heterocycles. The highest BCUT2D eigenvalue weighted by atomic mass is 35.5. The Hall–Kier alpha value is -2.30. The standard InChI is InChI=1S/C28H31N3O3S3.ClH/c1-17(2)31-14-13-21-24(16-31)36-28(26(21)27-29-22-7-5-6-8-23(22)35-27)30-25(32)15-19-9-11-20(12-10-19)37(33,34)18(3)4;/h5-12,17-18H,13-16H2,1-4H3,(H,30,32);1H. The number of carbonyl (C=O) groups is 1. The van der Waals surface area contributed by atoms with Crippen molar-refractivity contribution >= 4 is 66.0 Å². The maximum atomic E-state index is 13.2. The molecule has 1 N–H and O–H groups in total. The van der Waals surface area contributed by atoms with E-state index in [0.29, 0.717) is 6.04 Å². The third-order valence-electron chi connectivity index (χ3n) is 6.81. The van der Waals surface area contributed by atoms with Crippen LogP contribution in [0.3, 0.4) is 0 Å². The second-order valence-corrected chi connectivity index (χ2v) is 14.6. The van der Waals surface area contributed by atoms with Crippen molar-refractivity contribution in [2.75, 3.05) is 11.9 Å². The number of amides is 1. The maximum absolute atomic E-state index is 13.2. The molecular formula is C28H32ClN3O3S3. The van der Waals surface area contributed by atoms with Crippen LogP contribution in [-0.4, -0.2) is 42.0 Å². The summed E-state index contributed by atoms with van der Waals surface area (Å²) in [5.74, 6) is -0.124. The molecule has 4 aromatic rings. The molecule has 38 heavy (non-hydrogen) atoms. The molecular weight excluding hydrogens is 558 g/mol. The first-order chi connectivity index (χ1) is 17.6. The van der Waals surface area contributed by atoms with Gasteiger partial charge in [-0.05, 0) is 69.5 Å². The molecule has 5 rings (SSSR count). The van der Waals surface area contributed by atoms with Crippen molar-refractivity contribution in [3.63, 3.8) is 0 Å². The maximum Gasteiger partial charge on any atom is 0.229 e. The average molecular weight is 590 g/mol. The number of nitrogens with one attached hydrogen (secondary N) is 1. The number of fused-ring (bicyclic) bond motifs is 2. The van der Waals surface area contributed by atoms with E-state index in [1.807, 2.05) is 18.2 Å². The van der Waals surface area contributed by atoms with Crippen LogP contribution >= 0.6 is 35.1 Å². The number of hydrogen-bond acceptors (Lipinski definition) is 7. The number of carbonyl (C=O) groups excluding carboxylic acids is 1. The lowest BCUT2D eigenvalue weighted by molar-refractivity contribution is -0.115. The number of thiophene rings is 1. The number of rotatable bonds is 7. The van der Waals surface area contributed by atoms with Gasteiger partial charge in [-0.3, -0.25) is 9.69 Å². The van der Waals surface area contributed by atoms with Crippen molar-refractivity contribution < 1.29 is 13.2 Å². The normalized spacial score (nSPS) is 14.1. The number of anilines is 1. The second kappa shape index (κ2) is 11.4. The van der Waals surface area contributed by atoms with Gasteiger partial charge in [0.2, 0.25) is 5.91 Å². The predicted molar refractivity (Wildman–Crippen MR) is 161 cm³/mol. The Bertz CT molecular complexity index is 1520. The minimum Gasteiger partial charge on any atom is -0.317 e. The number of benzene rings is 2. The number of para-hydroxylation sites is 1. The van der Waals surface area contributed by atoms with E-state index in [-0.39, 0.29) is 29.6 Å². The molecule has 0 fully saturated rings. The number of halogens is 1. The Labute approximate surface area is 238 Å². The Morgan fingerprint density at radius 1 is 1.05 bits per heavy atom. The summed E-state index contributed by atoms with van der Waals surface area (Å²) in [6.07, 6.45) is 1.10. The topological polar surface area (TPSA) is 79.4 Å². The van der Waals surface area contributed by atoms with Gasteiger partial charge >= 0.3 is 0 Å². The van der Waals surface area contributed by atoms with Crippen LogP contribution in [-0.2, 0) is 34.0 Å². The Kier molecular flexibility index (Phi) is 8.64. The monoisotopic (exact) mass is 589 g/mol. The Morgan fingerprint density at radius 3 is 2.42 bits per heavy atom. The van der Waals surface area contributed by atoms with Crippen LogP contribution in [0.25, 0.3) is 20.8 Å². The van der Waals surface area contributed by atoms with Crippen molar-refractivity contribution in [2.24, 2.45) is 0 Å². The number of aromatic nitrogens is 1. The molecule has 3 heterocycles. The number of sulfone groups is 1. The highest BCUT2D eigenvalue weighted by molar-refractivity contribution is 7.92. The van der Waals surface area contributed by atoms with Crippen molar-refractivity contribution in [3.8, 4) is 10.6 Å². The van der Waals surface area contributed by atoms with Crippen molar-refractivity contribution in [1.82, 2.24) is 9.88 Å². The van der Waals surface area contributed by atoms with Crippen molar-refractivity contribution in [2.45, 2.75) is 63.3 Å². The minimum absolute atomic E-state index is 0. The highest BCUT2D eigenvalue weighted by Gasteiger charge is 2.28. The molecule has 6 nitrogen and oxygen atoms in total. The molecule has 0 bridgehead atoms. The first-order valence-corrected chi connectivity index (χ1v) is 15.7. The van der Waals surface area contributed by atoms with E-state index in [4.69, 9.17) is 4.98 Å². The van der Waals surface area contributed by atoms with Gasteiger partial charge in [-0.1, -0.05) is 24.3 Å². The second-order valence-electron chi connectivity index (χ2n) is 9.97. The molecule has 1 aliphatic rings. The van der Waals surface area contributed by atoms with Gasteiger partial charge in [0, 0.05) is 29.6 Å². The van der Waals surface area contributed by atoms with E-state index in [1.54, 1.807) is 60.8 Å². The fourth-order valence-electron chi connectivity index (χ4n) is 4.58. The van der Waals surface area contributed by atoms with Gasteiger partial charge in [0.05, 0.1) is 26.8 Å². The lowest BCUT2D eigenvalue weighted by atomic mass is 10.0. The summed E-state index contributed by atoms with van der Waals surface area (Å²) in [5.41, 5.74) is 4.08. The predicted octanol–water partition coefficient (Wildman–Crippen LogP) is 6.58. The van der Waals surface area contributed by atoms with E-state index in [2.05, 4.69) is 30.1 Å². The molecule has 0 spiro atoms. The van der Waals surface area contributed by atoms with Gasteiger partial charge < -0.3 is 5.32 Å². The molecule has 0 saturated carbocycles. The highest BCUT2D eigenvalue weighted by Crippen LogP contribution is 2.46. The quantitative estimate of drug-likeness (QED) is 0.263. The van der Waals surface area contributed by atoms with Crippen LogP contribution < -0.4 is 5.32 Å². The van der Waals surface area contributed by atoms with Gasteiger partial charge in [0.1, 0.15) is 10.0 Å². The van der Waals surface area contributed by atoms with E-state index in [1.165, 1.54) is 10.4 Å². The molecule has 0 atom stereocenters. The largest absolute Gasteiger partial charge is 0.317 e. The molecule has 0 saturated heterocycles. The van der Waals surface area contributed by atoms with E-state index in [9.17, 15) is 13.2 Å². The smallest absolute Gasteiger partial charge is 0.229 e.